The first kappa shape index (κ1) is 13.5. The van der Waals surface area contributed by atoms with Crippen LogP contribution in [0.15, 0.2) is 0 Å². The summed E-state index contributed by atoms with van der Waals surface area (Å²) in [5.41, 5.74) is -5.70. The molecule has 2 amide bonds. The third-order valence-corrected chi connectivity index (χ3v) is 5.60. The van der Waals surface area contributed by atoms with E-state index in [1.54, 1.807) is 0 Å². The maximum absolute atomic E-state index is 12.3. The number of halogens is 3. The lowest BCUT2D eigenvalue weighted by Crippen LogP contribution is -2.39. The molecule has 2 saturated heterocycles. The molecule has 4 fully saturated rings. The van der Waals surface area contributed by atoms with Crippen molar-refractivity contribution in [2.24, 2.45) is 23.7 Å². The summed E-state index contributed by atoms with van der Waals surface area (Å²) in [5, 5.41) is -0.234. The molecule has 6 atom stereocenters. The number of ether oxygens (including phenoxy) is 1. The molecule has 2 aliphatic heterocycles. The van der Waals surface area contributed by atoms with Crippen LogP contribution < -0.4 is 0 Å². The van der Waals surface area contributed by atoms with Gasteiger partial charge in [0.1, 0.15) is 0 Å². The number of rotatable bonds is 2. The fourth-order valence-corrected chi connectivity index (χ4v) is 4.34. The highest BCUT2D eigenvalue weighted by Gasteiger charge is 2.74. The molecule has 0 radical (unpaired) electrons. The van der Waals surface area contributed by atoms with E-state index in [-0.39, 0.29) is 29.1 Å². The Morgan fingerprint density at radius 2 is 1.57 bits per heavy atom. The maximum atomic E-state index is 12.3. The van der Waals surface area contributed by atoms with E-state index < -0.39 is 39.3 Å². The van der Waals surface area contributed by atoms with Gasteiger partial charge in [-0.15, -0.1) is 9.35 Å². The minimum Gasteiger partial charge on any atom is -0.369 e. The van der Waals surface area contributed by atoms with Crippen LogP contribution in [-0.2, 0) is 28.7 Å². The Labute approximate surface area is 116 Å². The molecule has 0 aromatic carbocycles. The molecule has 4 rings (SSSR count). The predicted octanol–water partition coefficient (Wildman–Crippen LogP) is -0.214. The van der Waals surface area contributed by atoms with Crippen LogP contribution in [0.25, 0.3) is 0 Å². The van der Waals surface area contributed by atoms with Crippen molar-refractivity contribution < 1.29 is 40.2 Å². The van der Waals surface area contributed by atoms with Crippen molar-refractivity contribution in [2.45, 2.75) is 24.1 Å². The molecular weight excluding hydrogens is 319 g/mol. The van der Waals surface area contributed by atoms with Crippen LogP contribution >= 0.6 is 0 Å². The van der Waals surface area contributed by atoms with Crippen molar-refractivity contribution >= 4 is 21.9 Å². The molecule has 116 valence electrons. The van der Waals surface area contributed by atoms with Crippen LogP contribution in [0, 0.1) is 23.7 Å². The van der Waals surface area contributed by atoms with Gasteiger partial charge in [-0.25, -0.2) is 0 Å². The molecule has 11 heteroatoms. The van der Waals surface area contributed by atoms with Crippen LogP contribution in [-0.4, -0.2) is 43.0 Å². The monoisotopic (exact) mass is 327 g/mol. The molecule has 0 spiro atoms. The second kappa shape index (κ2) is 3.58. The molecule has 0 aromatic heterocycles. The number of hydroxylamine groups is 2. The predicted molar refractivity (Wildman–Crippen MR) is 55.2 cm³/mol. The topological polar surface area (TPSA) is 93.3 Å². The number of hydrogen-bond donors (Lipinski definition) is 0. The minimum absolute atomic E-state index is 0.146. The van der Waals surface area contributed by atoms with Crippen LogP contribution in [0.5, 0.6) is 0 Å². The third-order valence-electron chi connectivity index (χ3n) is 4.69. The quantitative estimate of drug-likeness (QED) is 0.396. The number of imide groups is 1. The van der Waals surface area contributed by atoms with E-state index in [4.69, 9.17) is 4.74 Å². The van der Waals surface area contributed by atoms with E-state index in [1.807, 2.05) is 0 Å². The fraction of sp³-hybridized carbons (Fsp3) is 0.800. The average Bonchev–Trinajstić information content (AvgIpc) is 2.90. The van der Waals surface area contributed by atoms with E-state index in [0.29, 0.717) is 6.42 Å². The lowest BCUT2D eigenvalue weighted by Gasteiger charge is -2.17. The van der Waals surface area contributed by atoms with Crippen molar-refractivity contribution in [3.63, 3.8) is 0 Å². The van der Waals surface area contributed by atoms with Crippen molar-refractivity contribution in [1.29, 1.82) is 0 Å². The SMILES string of the molecule is O=C1C2C3CC(C4OC34)C2C(=O)N1OS(=O)(=O)C(F)(F)F. The fourth-order valence-electron chi connectivity index (χ4n) is 3.91. The summed E-state index contributed by atoms with van der Waals surface area (Å²) in [5.74, 6) is -4.23. The van der Waals surface area contributed by atoms with Crippen molar-refractivity contribution in [2.75, 3.05) is 0 Å². The lowest BCUT2D eigenvalue weighted by molar-refractivity contribution is -0.170. The van der Waals surface area contributed by atoms with E-state index in [0.717, 1.165) is 0 Å². The molecule has 4 aliphatic rings. The lowest BCUT2D eigenvalue weighted by atomic mass is 9.81. The zero-order valence-electron chi connectivity index (χ0n) is 10.1. The Morgan fingerprint density at radius 1 is 1.10 bits per heavy atom. The molecule has 2 heterocycles. The number of amides is 2. The van der Waals surface area contributed by atoms with Crippen LogP contribution in [0.4, 0.5) is 13.2 Å². The first-order valence-electron chi connectivity index (χ1n) is 6.17. The molecule has 2 aliphatic carbocycles. The molecule has 2 bridgehead atoms. The van der Waals surface area contributed by atoms with Gasteiger partial charge >= 0.3 is 15.6 Å². The standard InChI is InChI=1S/C10H8F3NO6S/c11-10(12,13)21(17,18)20-14-8(15)4-2-1-3(5(4)9(14)16)7-6(2)19-7/h2-7H,1H2. The van der Waals surface area contributed by atoms with Crippen LogP contribution in [0.3, 0.4) is 0 Å². The zero-order chi connectivity index (χ0) is 15.3. The molecular formula is C10H8F3NO6S. The van der Waals surface area contributed by atoms with E-state index in [2.05, 4.69) is 4.28 Å². The van der Waals surface area contributed by atoms with Gasteiger partial charge in [0.25, 0.3) is 11.8 Å². The Hall–Kier alpha value is -1.20. The molecule has 0 aromatic rings. The summed E-state index contributed by atoms with van der Waals surface area (Å²) in [6, 6.07) is 0. The van der Waals surface area contributed by atoms with Crippen molar-refractivity contribution in [1.82, 2.24) is 5.06 Å². The highest BCUT2D eigenvalue weighted by Crippen LogP contribution is 2.64. The van der Waals surface area contributed by atoms with Crippen molar-refractivity contribution in [3.8, 4) is 0 Å². The summed E-state index contributed by atoms with van der Waals surface area (Å²) < 4.78 is 67.8. The molecule has 0 N–H and O–H groups in total. The Kier molecular flexibility index (Phi) is 2.29. The minimum atomic E-state index is -6.04. The van der Waals surface area contributed by atoms with Gasteiger partial charge in [-0.1, -0.05) is 0 Å². The summed E-state index contributed by atoms with van der Waals surface area (Å²) in [6.45, 7) is 0. The molecule has 7 nitrogen and oxygen atoms in total. The second-order valence-corrected chi connectivity index (χ2v) is 7.15. The van der Waals surface area contributed by atoms with Crippen LogP contribution in [0.1, 0.15) is 6.42 Å². The maximum Gasteiger partial charge on any atom is 0.525 e. The molecule has 6 unspecified atom stereocenters. The smallest absolute Gasteiger partial charge is 0.369 e. The number of epoxide rings is 1. The van der Waals surface area contributed by atoms with Crippen LogP contribution in [0.2, 0.25) is 0 Å². The van der Waals surface area contributed by atoms with Crippen molar-refractivity contribution in [3.05, 3.63) is 0 Å². The highest BCUT2D eigenvalue weighted by atomic mass is 32.2. The number of nitrogens with zero attached hydrogens (tertiary/aromatic N) is 1. The summed E-state index contributed by atoms with van der Waals surface area (Å²) in [4.78, 5) is 24.1. The van der Waals surface area contributed by atoms with E-state index in [9.17, 15) is 31.2 Å². The van der Waals surface area contributed by atoms with Gasteiger partial charge in [0, 0.05) is 11.8 Å². The van der Waals surface area contributed by atoms with Gasteiger partial charge in [-0.05, 0) is 6.42 Å². The first-order chi connectivity index (χ1) is 9.63. The summed E-state index contributed by atoms with van der Waals surface area (Å²) >= 11 is 0. The Morgan fingerprint density at radius 3 is 2.00 bits per heavy atom. The number of carbonyl (C=O) groups is 2. The number of carbonyl (C=O) groups excluding carboxylic acids is 2. The summed E-state index contributed by atoms with van der Waals surface area (Å²) in [7, 11) is -6.04. The average molecular weight is 327 g/mol. The van der Waals surface area contributed by atoms with Gasteiger partial charge in [0.15, 0.2) is 0 Å². The Balaban J connectivity index is 1.62. The van der Waals surface area contributed by atoms with Gasteiger partial charge in [-0.2, -0.15) is 21.6 Å². The second-order valence-electron chi connectivity index (χ2n) is 5.63. The number of hydrogen-bond acceptors (Lipinski definition) is 6. The van der Waals surface area contributed by atoms with Gasteiger partial charge < -0.3 is 4.74 Å². The zero-order valence-corrected chi connectivity index (χ0v) is 10.9. The largest absolute Gasteiger partial charge is 0.525 e. The van der Waals surface area contributed by atoms with Gasteiger partial charge in [-0.3, -0.25) is 9.59 Å². The third kappa shape index (κ3) is 1.53. The Bertz CT molecular complexity index is 628. The molecule has 21 heavy (non-hydrogen) atoms. The first-order valence-corrected chi connectivity index (χ1v) is 7.58. The van der Waals surface area contributed by atoms with Gasteiger partial charge in [0.05, 0.1) is 24.0 Å². The summed E-state index contributed by atoms with van der Waals surface area (Å²) in [6.07, 6.45) is 0.307. The number of alkyl halides is 3. The van der Waals surface area contributed by atoms with E-state index >= 15 is 0 Å². The molecule has 2 saturated carbocycles. The normalized spacial score (nSPS) is 44.2. The van der Waals surface area contributed by atoms with E-state index in [1.165, 1.54) is 0 Å². The number of fused-ring (bicyclic) bond motifs is 8. The highest BCUT2D eigenvalue weighted by molar-refractivity contribution is 7.87. The van der Waals surface area contributed by atoms with Gasteiger partial charge in [0.2, 0.25) is 0 Å².